The molecule has 0 amide bonds. The summed E-state index contributed by atoms with van der Waals surface area (Å²) < 4.78 is 0. The summed E-state index contributed by atoms with van der Waals surface area (Å²) in [5.41, 5.74) is 2.70. The zero-order chi connectivity index (χ0) is 17.7. The van der Waals surface area contributed by atoms with Gasteiger partial charge in [0.15, 0.2) is 0 Å². The standard InChI is InChI=1S/C24H38O/c1-3-19-7-11-22(12-8-19)23-13-9-20(10-14-23)5-6-21-15-17-24(25,4-2)18-16-21/h7-8,11-12,20-21,23,25H,3-6,9-10,13-18H2,1-2H3. The second kappa shape index (κ2) is 8.71. The maximum Gasteiger partial charge on any atom is 0.0645 e. The molecule has 140 valence electrons. The number of benzene rings is 1. The Morgan fingerprint density at radius 3 is 1.92 bits per heavy atom. The van der Waals surface area contributed by atoms with Crippen molar-refractivity contribution in [1.82, 2.24) is 0 Å². The first kappa shape index (κ1) is 19.0. The van der Waals surface area contributed by atoms with Crippen molar-refractivity contribution < 1.29 is 5.11 Å². The average molecular weight is 343 g/mol. The van der Waals surface area contributed by atoms with E-state index in [0.29, 0.717) is 0 Å². The Bertz CT molecular complexity index is 501. The molecule has 1 N–H and O–H groups in total. The molecule has 0 saturated heterocycles. The third-order valence-corrected chi connectivity index (χ3v) is 7.38. The molecule has 0 heterocycles. The normalized spacial score (nSPS) is 33.3. The van der Waals surface area contributed by atoms with Crippen LogP contribution in [0.5, 0.6) is 0 Å². The van der Waals surface area contributed by atoms with Gasteiger partial charge in [-0.3, -0.25) is 0 Å². The van der Waals surface area contributed by atoms with E-state index >= 15 is 0 Å². The lowest BCUT2D eigenvalue weighted by molar-refractivity contribution is -0.0142. The first-order chi connectivity index (χ1) is 12.1. The number of rotatable bonds is 6. The molecule has 0 aromatic heterocycles. The van der Waals surface area contributed by atoms with E-state index in [1.54, 1.807) is 5.56 Å². The van der Waals surface area contributed by atoms with E-state index in [-0.39, 0.29) is 5.60 Å². The highest BCUT2D eigenvalue weighted by atomic mass is 16.3. The van der Waals surface area contributed by atoms with Crippen molar-refractivity contribution in [2.24, 2.45) is 11.8 Å². The Morgan fingerprint density at radius 2 is 1.40 bits per heavy atom. The number of aryl methyl sites for hydroxylation is 1. The third-order valence-electron chi connectivity index (χ3n) is 7.38. The fraction of sp³-hybridized carbons (Fsp3) is 0.750. The molecule has 0 unspecified atom stereocenters. The van der Waals surface area contributed by atoms with Crippen LogP contribution >= 0.6 is 0 Å². The fourth-order valence-electron chi connectivity index (χ4n) is 5.14. The number of aliphatic hydroxyl groups is 1. The van der Waals surface area contributed by atoms with E-state index in [2.05, 4.69) is 38.1 Å². The molecule has 2 aliphatic rings. The molecule has 2 saturated carbocycles. The summed E-state index contributed by atoms with van der Waals surface area (Å²) >= 11 is 0. The topological polar surface area (TPSA) is 20.2 Å². The Kier molecular flexibility index (Phi) is 6.61. The van der Waals surface area contributed by atoms with Crippen molar-refractivity contribution in [3.8, 4) is 0 Å². The van der Waals surface area contributed by atoms with Crippen LogP contribution in [-0.2, 0) is 6.42 Å². The summed E-state index contributed by atoms with van der Waals surface area (Å²) in [6.45, 7) is 4.36. The average Bonchev–Trinajstić information content (AvgIpc) is 2.68. The van der Waals surface area contributed by atoms with Crippen LogP contribution in [0.25, 0.3) is 0 Å². The van der Waals surface area contributed by atoms with E-state index < -0.39 is 0 Å². The first-order valence-electron chi connectivity index (χ1n) is 10.9. The van der Waals surface area contributed by atoms with Gasteiger partial charge >= 0.3 is 0 Å². The van der Waals surface area contributed by atoms with Gasteiger partial charge in [-0.15, -0.1) is 0 Å². The van der Waals surface area contributed by atoms with Gasteiger partial charge < -0.3 is 5.11 Å². The zero-order valence-corrected chi connectivity index (χ0v) is 16.5. The minimum atomic E-state index is -0.331. The van der Waals surface area contributed by atoms with Crippen LogP contribution in [-0.4, -0.2) is 10.7 Å². The molecule has 2 fully saturated rings. The highest BCUT2D eigenvalue weighted by Crippen LogP contribution is 2.40. The molecule has 1 aromatic carbocycles. The summed E-state index contributed by atoms with van der Waals surface area (Å²) in [5, 5.41) is 10.4. The molecule has 0 bridgehead atoms. The molecule has 0 atom stereocenters. The van der Waals surface area contributed by atoms with Gasteiger partial charge in [-0.2, -0.15) is 0 Å². The summed E-state index contributed by atoms with van der Waals surface area (Å²) in [5.74, 6) is 2.64. The molecular formula is C24H38O. The molecule has 0 aliphatic heterocycles. The van der Waals surface area contributed by atoms with Crippen molar-refractivity contribution in [3.63, 3.8) is 0 Å². The second-order valence-corrected chi connectivity index (χ2v) is 8.91. The van der Waals surface area contributed by atoms with Crippen LogP contribution in [0.3, 0.4) is 0 Å². The minimum absolute atomic E-state index is 0.331. The molecule has 0 spiro atoms. The largest absolute Gasteiger partial charge is 0.390 e. The predicted molar refractivity (Wildman–Crippen MR) is 107 cm³/mol. The molecule has 2 aliphatic carbocycles. The summed E-state index contributed by atoms with van der Waals surface area (Å²) in [7, 11) is 0. The van der Waals surface area contributed by atoms with Crippen molar-refractivity contribution in [2.75, 3.05) is 0 Å². The maximum absolute atomic E-state index is 10.4. The van der Waals surface area contributed by atoms with Crippen LogP contribution in [0.2, 0.25) is 0 Å². The quantitative estimate of drug-likeness (QED) is 0.615. The minimum Gasteiger partial charge on any atom is -0.390 e. The summed E-state index contributed by atoms with van der Waals surface area (Å²) in [6.07, 6.45) is 15.1. The maximum atomic E-state index is 10.4. The summed E-state index contributed by atoms with van der Waals surface area (Å²) in [6, 6.07) is 9.39. The first-order valence-corrected chi connectivity index (χ1v) is 10.9. The molecular weight excluding hydrogens is 304 g/mol. The van der Waals surface area contributed by atoms with Crippen LogP contribution in [0.4, 0.5) is 0 Å². The lowest BCUT2D eigenvalue weighted by Crippen LogP contribution is -2.33. The van der Waals surface area contributed by atoms with E-state index in [9.17, 15) is 5.11 Å². The molecule has 1 aromatic rings. The van der Waals surface area contributed by atoms with Gasteiger partial charge in [-0.1, -0.05) is 51.0 Å². The lowest BCUT2D eigenvalue weighted by Gasteiger charge is -2.36. The smallest absolute Gasteiger partial charge is 0.0645 e. The van der Waals surface area contributed by atoms with Gasteiger partial charge in [0.25, 0.3) is 0 Å². The highest BCUT2D eigenvalue weighted by Gasteiger charge is 2.31. The van der Waals surface area contributed by atoms with Gasteiger partial charge in [0.2, 0.25) is 0 Å². The third kappa shape index (κ3) is 5.09. The van der Waals surface area contributed by atoms with Gasteiger partial charge in [0.1, 0.15) is 0 Å². The van der Waals surface area contributed by atoms with E-state index in [1.807, 2.05) is 0 Å². The molecule has 0 radical (unpaired) electrons. The number of hydrogen-bond donors (Lipinski definition) is 1. The van der Waals surface area contributed by atoms with Crippen molar-refractivity contribution >= 4 is 0 Å². The van der Waals surface area contributed by atoms with E-state index in [0.717, 1.165) is 43.4 Å². The Morgan fingerprint density at radius 1 is 0.840 bits per heavy atom. The Labute approximate surface area is 155 Å². The van der Waals surface area contributed by atoms with Gasteiger partial charge in [0, 0.05) is 0 Å². The SMILES string of the molecule is CCc1ccc(C2CCC(CCC3CCC(O)(CC)CC3)CC2)cc1. The van der Waals surface area contributed by atoms with Crippen LogP contribution < -0.4 is 0 Å². The van der Waals surface area contributed by atoms with Crippen LogP contribution in [0.15, 0.2) is 24.3 Å². The summed E-state index contributed by atoms with van der Waals surface area (Å²) in [4.78, 5) is 0. The van der Waals surface area contributed by atoms with Gasteiger partial charge in [0.05, 0.1) is 5.60 Å². The van der Waals surface area contributed by atoms with Crippen LogP contribution in [0, 0.1) is 11.8 Å². The Balaban J connectivity index is 1.38. The van der Waals surface area contributed by atoms with E-state index in [4.69, 9.17) is 0 Å². The van der Waals surface area contributed by atoms with Gasteiger partial charge in [-0.25, -0.2) is 0 Å². The monoisotopic (exact) mass is 342 g/mol. The zero-order valence-electron chi connectivity index (χ0n) is 16.5. The number of hydrogen-bond acceptors (Lipinski definition) is 1. The Hall–Kier alpha value is -0.820. The molecule has 3 rings (SSSR count). The van der Waals surface area contributed by atoms with Crippen molar-refractivity contribution in [1.29, 1.82) is 0 Å². The molecule has 25 heavy (non-hydrogen) atoms. The lowest BCUT2D eigenvalue weighted by atomic mass is 9.73. The van der Waals surface area contributed by atoms with E-state index in [1.165, 1.54) is 56.9 Å². The van der Waals surface area contributed by atoms with Crippen molar-refractivity contribution in [3.05, 3.63) is 35.4 Å². The fourth-order valence-corrected chi connectivity index (χ4v) is 5.14. The predicted octanol–water partition coefficient (Wildman–Crippen LogP) is 6.63. The molecule has 1 nitrogen and oxygen atoms in total. The highest BCUT2D eigenvalue weighted by molar-refractivity contribution is 5.25. The van der Waals surface area contributed by atoms with Gasteiger partial charge in [-0.05, 0) is 93.1 Å². The van der Waals surface area contributed by atoms with Crippen LogP contribution in [0.1, 0.15) is 102 Å². The van der Waals surface area contributed by atoms with Crippen molar-refractivity contribution in [2.45, 2.75) is 102 Å². The molecule has 1 heteroatoms. The second-order valence-electron chi connectivity index (χ2n) is 8.91.